The number of rotatable bonds is 9. The molecule has 0 aromatic heterocycles. The van der Waals surface area contributed by atoms with Crippen molar-refractivity contribution in [1.29, 1.82) is 0 Å². The van der Waals surface area contributed by atoms with Gasteiger partial charge in [-0.2, -0.15) is 4.31 Å². The third-order valence-corrected chi connectivity index (χ3v) is 8.62. The maximum Gasteiger partial charge on any atom is 0.248 e. The lowest BCUT2D eigenvalue weighted by Crippen LogP contribution is -2.51. The quantitative estimate of drug-likeness (QED) is 0.414. The molecule has 3 rings (SSSR count). The van der Waals surface area contributed by atoms with E-state index in [9.17, 15) is 18.3 Å². The molecule has 2 heterocycles. The highest BCUT2D eigenvalue weighted by Gasteiger charge is 2.38. The minimum absolute atomic E-state index is 0.0939. The highest BCUT2D eigenvalue weighted by atomic mass is 32.2. The molecule has 1 saturated heterocycles. The van der Waals surface area contributed by atoms with Crippen molar-refractivity contribution in [3.63, 3.8) is 0 Å². The number of carbonyl (C=O) groups excluding carboxylic acids is 1. The molecule has 0 bridgehead atoms. The Bertz CT molecular complexity index is 1040. The molecule has 0 aliphatic carbocycles. The molecular weight excluding hydrogens is 458 g/mol. The molecule has 188 valence electrons. The number of aliphatic imine (C=N–C) groups is 1. The average molecular weight is 494 g/mol. The molecule has 0 unspecified atom stereocenters. The van der Waals surface area contributed by atoms with Gasteiger partial charge in [0.15, 0.2) is 0 Å². The minimum atomic E-state index is -3.71. The van der Waals surface area contributed by atoms with Gasteiger partial charge >= 0.3 is 0 Å². The van der Waals surface area contributed by atoms with Gasteiger partial charge in [-0.3, -0.25) is 9.79 Å². The summed E-state index contributed by atoms with van der Waals surface area (Å²) in [5, 5.41) is 10.9. The Morgan fingerprint density at radius 3 is 2.41 bits per heavy atom. The lowest BCUT2D eigenvalue weighted by atomic mass is 9.84. The first-order chi connectivity index (χ1) is 16.1. The van der Waals surface area contributed by atoms with Gasteiger partial charge in [0.05, 0.1) is 25.2 Å². The molecule has 2 aliphatic heterocycles. The van der Waals surface area contributed by atoms with Gasteiger partial charge in [-0.25, -0.2) is 8.42 Å². The number of ether oxygens (including phenoxy) is 2. The number of methoxy groups -OCH3 is 1. The summed E-state index contributed by atoms with van der Waals surface area (Å²) in [4.78, 5) is 18.9. The Hall–Kier alpha value is -2.27. The normalized spacial score (nSPS) is 18.2. The highest BCUT2D eigenvalue weighted by Crippen LogP contribution is 2.28. The largest absolute Gasteiger partial charge is 0.497 e. The summed E-state index contributed by atoms with van der Waals surface area (Å²) in [6.45, 7) is 5.03. The van der Waals surface area contributed by atoms with Crippen LogP contribution >= 0.6 is 0 Å². The number of allylic oxidation sites excluding steroid dienone is 1. The monoisotopic (exact) mass is 493 g/mol. The van der Waals surface area contributed by atoms with Gasteiger partial charge in [0.1, 0.15) is 18.0 Å². The third kappa shape index (κ3) is 5.86. The van der Waals surface area contributed by atoms with Crippen LogP contribution in [0.3, 0.4) is 0 Å². The fourth-order valence-electron chi connectivity index (χ4n) is 4.40. The zero-order valence-corrected chi connectivity index (χ0v) is 21.2. The summed E-state index contributed by atoms with van der Waals surface area (Å²) in [7, 11) is -0.671. The molecule has 34 heavy (non-hydrogen) atoms. The van der Waals surface area contributed by atoms with Gasteiger partial charge < -0.3 is 19.5 Å². The SMILES string of the molecule is COc1cc(C)c(S(=O)(=O)N(C)CCOCC(=O)N2CCC(O)(C3=NCC=CC3)CC2)c(C)c1. The number of likely N-dealkylation sites (N-methyl/N-ethyl adjacent to an activating group) is 1. The van der Waals surface area contributed by atoms with Crippen LogP contribution in [0.4, 0.5) is 0 Å². The van der Waals surface area contributed by atoms with E-state index in [4.69, 9.17) is 9.47 Å². The van der Waals surface area contributed by atoms with E-state index in [0.717, 1.165) is 5.71 Å². The molecule has 1 aromatic carbocycles. The Morgan fingerprint density at radius 1 is 1.21 bits per heavy atom. The lowest BCUT2D eigenvalue weighted by Gasteiger charge is -2.39. The van der Waals surface area contributed by atoms with Gasteiger partial charge in [0.2, 0.25) is 15.9 Å². The van der Waals surface area contributed by atoms with Crippen LogP contribution in [0.2, 0.25) is 0 Å². The van der Waals surface area contributed by atoms with Gasteiger partial charge in [-0.15, -0.1) is 0 Å². The maximum atomic E-state index is 13.1. The molecule has 9 nitrogen and oxygen atoms in total. The summed E-state index contributed by atoms with van der Waals surface area (Å²) < 4.78 is 38.1. The van der Waals surface area contributed by atoms with Crippen LogP contribution in [-0.2, 0) is 19.6 Å². The van der Waals surface area contributed by atoms with Crippen molar-refractivity contribution in [2.24, 2.45) is 4.99 Å². The number of carbonyl (C=O) groups is 1. The van der Waals surface area contributed by atoms with E-state index < -0.39 is 15.6 Å². The first-order valence-corrected chi connectivity index (χ1v) is 12.9. The second kappa shape index (κ2) is 11.0. The fraction of sp³-hybridized carbons (Fsp3) is 0.583. The second-order valence-corrected chi connectivity index (χ2v) is 10.8. The molecule has 2 aliphatic rings. The van der Waals surface area contributed by atoms with E-state index in [0.29, 0.717) is 55.8 Å². The predicted molar refractivity (Wildman–Crippen MR) is 130 cm³/mol. The number of benzene rings is 1. The number of sulfonamides is 1. The zero-order chi connectivity index (χ0) is 24.9. The van der Waals surface area contributed by atoms with Crippen LogP contribution in [0.15, 0.2) is 34.2 Å². The number of amides is 1. The van der Waals surface area contributed by atoms with Crippen LogP contribution in [0.1, 0.15) is 30.4 Å². The standard InChI is InChI=1S/C24H35N3O6S/c1-18-15-20(32-4)16-19(2)23(18)34(30,31)26(3)13-14-33-17-22(28)27-11-8-24(29,9-12-27)21-7-5-6-10-25-21/h5-6,15-16,29H,7-14,17H2,1-4H3. The van der Waals surface area contributed by atoms with Crippen LogP contribution in [0.25, 0.3) is 0 Å². The number of dihydropyridines is 1. The van der Waals surface area contributed by atoms with E-state index >= 15 is 0 Å². The molecule has 1 fully saturated rings. The molecule has 0 spiro atoms. The van der Waals surface area contributed by atoms with Crippen molar-refractivity contribution in [3.8, 4) is 5.75 Å². The first kappa shape index (κ1) is 26.3. The van der Waals surface area contributed by atoms with Gasteiger partial charge in [0, 0.05) is 38.8 Å². The van der Waals surface area contributed by atoms with Crippen LogP contribution in [0.5, 0.6) is 5.75 Å². The Kier molecular flexibility index (Phi) is 8.51. The van der Waals surface area contributed by atoms with Crippen LogP contribution in [-0.4, -0.2) is 93.5 Å². The number of hydrogen-bond acceptors (Lipinski definition) is 7. The molecule has 1 N–H and O–H groups in total. The molecule has 0 atom stereocenters. The Labute approximate surface area is 202 Å². The van der Waals surface area contributed by atoms with Crippen molar-refractivity contribution in [1.82, 2.24) is 9.21 Å². The minimum Gasteiger partial charge on any atom is -0.497 e. The average Bonchev–Trinajstić information content (AvgIpc) is 2.81. The molecule has 0 saturated carbocycles. The van der Waals surface area contributed by atoms with Gasteiger partial charge in [0.25, 0.3) is 0 Å². The zero-order valence-electron chi connectivity index (χ0n) is 20.4. The lowest BCUT2D eigenvalue weighted by molar-refractivity contribution is -0.138. The highest BCUT2D eigenvalue weighted by molar-refractivity contribution is 7.89. The van der Waals surface area contributed by atoms with Crippen molar-refractivity contribution in [2.45, 2.75) is 43.6 Å². The topological polar surface area (TPSA) is 109 Å². The Morgan fingerprint density at radius 2 is 1.85 bits per heavy atom. The van der Waals surface area contributed by atoms with Crippen molar-refractivity contribution >= 4 is 21.6 Å². The van der Waals surface area contributed by atoms with E-state index in [1.165, 1.54) is 11.4 Å². The number of piperidine rings is 1. The Balaban J connectivity index is 1.46. The van der Waals surface area contributed by atoms with Crippen molar-refractivity contribution < 1.29 is 27.8 Å². The summed E-state index contributed by atoms with van der Waals surface area (Å²) in [6.07, 6.45) is 5.55. The van der Waals surface area contributed by atoms with Crippen molar-refractivity contribution in [3.05, 3.63) is 35.4 Å². The number of hydrogen-bond donors (Lipinski definition) is 1. The first-order valence-electron chi connectivity index (χ1n) is 11.5. The maximum absolute atomic E-state index is 13.1. The van der Waals surface area contributed by atoms with Gasteiger partial charge in [-0.05, 0) is 49.9 Å². The van der Waals surface area contributed by atoms with Crippen molar-refractivity contribution in [2.75, 3.05) is 53.6 Å². The molecule has 1 amide bonds. The predicted octanol–water partition coefficient (Wildman–Crippen LogP) is 1.70. The number of likely N-dealkylation sites (tertiary alicyclic amines) is 1. The van der Waals surface area contributed by atoms with Crippen LogP contribution in [0, 0.1) is 13.8 Å². The fourth-order valence-corrected chi connectivity index (χ4v) is 5.96. The van der Waals surface area contributed by atoms with E-state index in [1.54, 1.807) is 38.0 Å². The van der Waals surface area contributed by atoms with Crippen LogP contribution < -0.4 is 4.74 Å². The number of aliphatic hydroxyl groups is 1. The second-order valence-electron chi connectivity index (χ2n) is 8.84. The van der Waals surface area contributed by atoms with E-state index in [-0.39, 0.29) is 30.6 Å². The molecular formula is C24H35N3O6S. The molecule has 0 radical (unpaired) electrons. The molecule has 10 heteroatoms. The smallest absolute Gasteiger partial charge is 0.248 e. The summed E-state index contributed by atoms with van der Waals surface area (Å²) in [5.74, 6) is 0.443. The summed E-state index contributed by atoms with van der Waals surface area (Å²) >= 11 is 0. The number of aryl methyl sites for hydroxylation is 2. The van der Waals surface area contributed by atoms with E-state index in [1.807, 2.05) is 12.2 Å². The summed E-state index contributed by atoms with van der Waals surface area (Å²) in [6, 6.07) is 3.39. The third-order valence-electron chi connectivity index (χ3n) is 6.46. The number of nitrogens with zero attached hydrogens (tertiary/aromatic N) is 3. The van der Waals surface area contributed by atoms with Gasteiger partial charge in [-0.1, -0.05) is 12.2 Å². The van der Waals surface area contributed by atoms with E-state index in [2.05, 4.69) is 4.99 Å². The summed E-state index contributed by atoms with van der Waals surface area (Å²) in [5.41, 5.74) is 1.07. The molecule has 1 aromatic rings.